The van der Waals surface area contributed by atoms with E-state index in [9.17, 15) is 4.79 Å². The van der Waals surface area contributed by atoms with Gasteiger partial charge in [-0.2, -0.15) is 0 Å². The summed E-state index contributed by atoms with van der Waals surface area (Å²) in [4.78, 5) is 14.2. The molecule has 2 fully saturated rings. The molecule has 0 aromatic carbocycles. The van der Waals surface area contributed by atoms with Crippen molar-refractivity contribution in [1.82, 2.24) is 10.1 Å². The molecular weight excluding hydrogens is 246 g/mol. The molecule has 1 N–H and O–H groups in total. The highest BCUT2D eigenvalue weighted by atomic mass is 16.5. The van der Waals surface area contributed by atoms with Gasteiger partial charge in [0.25, 0.3) is 0 Å². The third-order valence-corrected chi connectivity index (χ3v) is 3.59. The van der Waals surface area contributed by atoms with Gasteiger partial charge in [-0.05, 0) is 26.2 Å². The van der Waals surface area contributed by atoms with Crippen LogP contribution in [0.5, 0.6) is 0 Å². The molecule has 0 radical (unpaired) electrons. The molecule has 1 aliphatic carbocycles. The summed E-state index contributed by atoms with van der Waals surface area (Å²) in [7, 11) is 0. The Hall–Kier alpha value is -1.56. The lowest BCUT2D eigenvalue weighted by Gasteiger charge is -2.24. The van der Waals surface area contributed by atoms with E-state index in [1.807, 2.05) is 4.90 Å². The SMILES string of the molecule is Cc1cc(NC(=O)N(C[C@@H]2CCOC2)C2CC2)no1. The number of aromatic nitrogens is 1. The molecule has 1 aliphatic heterocycles. The summed E-state index contributed by atoms with van der Waals surface area (Å²) >= 11 is 0. The predicted molar refractivity (Wildman–Crippen MR) is 68.9 cm³/mol. The van der Waals surface area contributed by atoms with Crippen molar-refractivity contribution in [2.75, 3.05) is 25.1 Å². The minimum absolute atomic E-state index is 0.0808. The Morgan fingerprint density at radius 1 is 1.53 bits per heavy atom. The average molecular weight is 265 g/mol. The minimum Gasteiger partial charge on any atom is -0.381 e. The number of anilines is 1. The van der Waals surface area contributed by atoms with Crippen molar-refractivity contribution < 1.29 is 14.1 Å². The van der Waals surface area contributed by atoms with E-state index in [2.05, 4.69) is 10.5 Å². The van der Waals surface area contributed by atoms with E-state index in [4.69, 9.17) is 9.26 Å². The van der Waals surface area contributed by atoms with Crippen LogP contribution < -0.4 is 5.32 Å². The van der Waals surface area contributed by atoms with Gasteiger partial charge in [0.2, 0.25) is 0 Å². The number of nitrogens with one attached hydrogen (secondary N) is 1. The Kier molecular flexibility index (Phi) is 3.42. The lowest BCUT2D eigenvalue weighted by Crippen LogP contribution is -2.40. The number of amides is 2. The number of ether oxygens (including phenoxy) is 1. The van der Waals surface area contributed by atoms with E-state index in [1.54, 1.807) is 13.0 Å². The number of hydrogen-bond acceptors (Lipinski definition) is 4. The lowest BCUT2D eigenvalue weighted by atomic mass is 10.1. The zero-order valence-corrected chi connectivity index (χ0v) is 11.1. The maximum atomic E-state index is 12.3. The van der Waals surface area contributed by atoms with Crippen LogP contribution in [0.25, 0.3) is 0 Å². The highest BCUT2D eigenvalue weighted by molar-refractivity contribution is 5.88. The Morgan fingerprint density at radius 2 is 2.37 bits per heavy atom. The quantitative estimate of drug-likeness (QED) is 0.904. The summed E-state index contributed by atoms with van der Waals surface area (Å²) in [5.41, 5.74) is 0. The summed E-state index contributed by atoms with van der Waals surface area (Å²) in [6, 6.07) is 2.03. The van der Waals surface area contributed by atoms with Gasteiger partial charge in [-0.25, -0.2) is 4.79 Å². The van der Waals surface area contributed by atoms with Crippen molar-refractivity contribution in [2.24, 2.45) is 5.92 Å². The van der Waals surface area contributed by atoms with Crippen LogP contribution in [-0.2, 0) is 4.74 Å². The van der Waals surface area contributed by atoms with E-state index < -0.39 is 0 Å². The second-order valence-electron chi connectivity index (χ2n) is 5.37. The first kappa shape index (κ1) is 12.5. The zero-order chi connectivity index (χ0) is 13.2. The van der Waals surface area contributed by atoms with Gasteiger partial charge in [-0.1, -0.05) is 5.16 Å². The fourth-order valence-electron chi connectivity index (χ4n) is 2.40. The fourth-order valence-corrected chi connectivity index (χ4v) is 2.40. The van der Waals surface area contributed by atoms with Crippen LogP contribution in [0, 0.1) is 12.8 Å². The van der Waals surface area contributed by atoms with E-state index >= 15 is 0 Å². The molecule has 19 heavy (non-hydrogen) atoms. The van der Waals surface area contributed by atoms with Crippen molar-refractivity contribution in [1.29, 1.82) is 0 Å². The van der Waals surface area contributed by atoms with Crippen molar-refractivity contribution in [3.63, 3.8) is 0 Å². The third-order valence-electron chi connectivity index (χ3n) is 3.59. The van der Waals surface area contributed by atoms with E-state index in [1.165, 1.54) is 0 Å². The molecule has 104 valence electrons. The largest absolute Gasteiger partial charge is 0.381 e. The van der Waals surface area contributed by atoms with E-state index in [0.29, 0.717) is 23.5 Å². The average Bonchev–Trinajstić information content (AvgIpc) is 2.93. The second kappa shape index (κ2) is 5.21. The van der Waals surface area contributed by atoms with Crippen LogP contribution in [0.3, 0.4) is 0 Å². The van der Waals surface area contributed by atoms with Crippen LogP contribution in [0.2, 0.25) is 0 Å². The first-order chi connectivity index (χ1) is 9.22. The Morgan fingerprint density at radius 3 is 2.95 bits per heavy atom. The van der Waals surface area contributed by atoms with Gasteiger partial charge in [0.15, 0.2) is 5.82 Å². The molecule has 1 aromatic heterocycles. The number of rotatable bonds is 4. The van der Waals surface area contributed by atoms with Crippen LogP contribution in [-0.4, -0.2) is 41.9 Å². The summed E-state index contributed by atoms with van der Waals surface area (Å²) < 4.78 is 10.3. The molecule has 2 heterocycles. The second-order valence-corrected chi connectivity index (χ2v) is 5.37. The molecule has 6 heteroatoms. The molecule has 0 spiro atoms. The van der Waals surface area contributed by atoms with Gasteiger partial charge < -0.3 is 14.2 Å². The van der Waals surface area contributed by atoms with Crippen LogP contribution in [0.1, 0.15) is 25.0 Å². The number of aryl methyl sites for hydroxylation is 1. The topological polar surface area (TPSA) is 67.6 Å². The van der Waals surface area contributed by atoms with Crippen LogP contribution in [0.4, 0.5) is 10.6 Å². The Balaban J connectivity index is 1.60. The standard InChI is InChI=1S/C13H19N3O3/c1-9-6-12(15-19-9)14-13(17)16(11-2-3-11)7-10-4-5-18-8-10/h6,10-11H,2-5,7-8H2,1H3,(H,14,15,17)/t10-/m0/s1. The lowest BCUT2D eigenvalue weighted by molar-refractivity contribution is 0.167. The smallest absolute Gasteiger partial charge is 0.323 e. The number of carbonyl (C=O) groups excluding carboxylic acids is 1. The molecule has 2 aliphatic rings. The van der Waals surface area contributed by atoms with Crippen LogP contribution in [0.15, 0.2) is 10.6 Å². The Bertz CT molecular complexity index is 450. The molecule has 0 unspecified atom stereocenters. The number of urea groups is 1. The van der Waals surface area contributed by atoms with Crippen molar-refractivity contribution >= 4 is 11.8 Å². The molecule has 1 saturated carbocycles. The van der Waals surface area contributed by atoms with Gasteiger partial charge >= 0.3 is 6.03 Å². The van der Waals surface area contributed by atoms with E-state index in [-0.39, 0.29) is 6.03 Å². The summed E-state index contributed by atoms with van der Waals surface area (Å²) in [6.45, 7) is 4.15. The van der Waals surface area contributed by atoms with Gasteiger partial charge in [0, 0.05) is 31.2 Å². The third kappa shape index (κ3) is 3.07. The first-order valence-electron chi connectivity index (χ1n) is 6.81. The maximum absolute atomic E-state index is 12.3. The van der Waals surface area contributed by atoms with Gasteiger partial charge in [-0.15, -0.1) is 0 Å². The van der Waals surface area contributed by atoms with E-state index in [0.717, 1.165) is 39.0 Å². The van der Waals surface area contributed by atoms with Gasteiger partial charge in [0.05, 0.1) is 6.61 Å². The zero-order valence-electron chi connectivity index (χ0n) is 11.1. The molecule has 1 saturated heterocycles. The molecule has 3 rings (SSSR count). The van der Waals surface area contributed by atoms with Gasteiger partial charge in [-0.3, -0.25) is 5.32 Å². The fraction of sp³-hybridized carbons (Fsp3) is 0.692. The molecule has 1 atom stereocenters. The maximum Gasteiger partial charge on any atom is 0.323 e. The molecule has 0 bridgehead atoms. The Labute approximate surface area is 112 Å². The predicted octanol–water partition coefficient (Wildman–Crippen LogP) is 2.02. The van der Waals surface area contributed by atoms with Crippen molar-refractivity contribution in [3.8, 4) is 0 Å². The van der Waals surface area contributed by atoms with Crippen molar-refractivity contribution in [3.05, 3.63) is 11.8 Å². The summed E-state index contributed by atoms with van der Waals surface area (Å²) in [6.07, 6.45) is 3.23. The highest BCUT2D eigenvalue weighted by Gasteiger charge is 2.35. The van der Waals surface area contributed by atoms with Gasteiger partial charge in [0.1, 0.15) is 5.76 Å². The number of nitrogens with zero attached hydrogens (tertiary/aromatic N) is 2. The highest BCUT2D eigenvalue weighted by Crippen LogP contribution is 2.29. The monoisotopic (exact) mass is 265 g/mol. The van der Waals surface area contributed by atoms with Crippen molar-refractivity contribution in [2.45, 2.75) is 32.2 Å². The normalized spacial score (nSPS) is 22.5. The number of hydrogen-bond donors (Lipinski definition) is 1. The molecule has 2 amide bonds. The number of carbonyl (C=O) groups is 1. The van der Waals surface area contributed by atoms with Crippen LogP contribution >= 0.6 is 0 Å². The molecule has 1 aromatic rings. The summed E-state index contributed by atoms with van der Waals surface area (Å²) in [5, 5.41) is 6.59. The molecule has 6 nitrogen and oxygen atoms in total. The molecular formula is C13H19N3O3. The summed E-state index contributed by atoms with van der Waals surface area (Å²) in [5.74, 6) is 1.64. The first-order valence-corrected chi connectivity index (χ1v) is 6.81. The minimum atomic E-state index is -0.0808.